The van der Waals surface area contributed by atoms with Crippen LogP contribution in [-0.2, 0) is 11.2 Å². The second-order valence-electron chi connectivity index (χ2n) is 2.77. The van der Waals surface area contributed by atoms with Gasteiger partial charge in [-0.05, 0) is 31.5 Å². The highest BCUT2D eigenvalue weighted by atomic mass is 16.5. The number of ether oxygens (including phenoxy) is 1. The van der Waals surface area contributed by atoms with E-state index >= 15 is 0 Å². The average molecular weight is 194 g/mol. The lowest BCUT2D eigenvalue weighted by Crippen LogP contribution is -2.13. The fourth-order valence-corrected chi connectivity index (χ4v) is 1.18. The molecule has 0 aliphatic heterocycles. The molecule has 0 aromatic carbocycles. The standard InChI is InChI=1S/C10H14N2O2/c1-2-14-10(13)9-8(5-6-11)4-3-7-12-9/h3-4,7H,2,5-6,11H2,1H3. The quantitative estimate of drug-likeness (QED) is 0.719. The lowest BCUT2D eigenvalue weighted by atomic mass is 10.1. The molecule has 0 atom stereocenters. The third-order valence-electron chi connectivity index (χ3n) is 1.77. The summed E-state index contributed by atoms with van der Waals surface area (Å²) in [5, 5.41) is 0. The van der Waals surface area contributed by atoms with Gasteiger partial charge in [-0.15, -0.1) is 0 Å². The molecule has 0 aliphatic carbocycles. The molecule has 1 aromatic heterocycles. The average Bonchev–Trinajstić information content (AvgIpc) is 2.19. The van der Waals surface area contributed by atoms with Gasteiger partial charge in [0.2, 0.25) is 0 Å². The second kappa shape index (κ2) is 5.34. The zero-order chi connectivity index (χ0) is 10.4. The Labute approximate surface area is 83.1 Å². The van der Waals surface area contributed by atoms with Crippen molar-refractivity contribution in [1.29, 1.82) is 0 Å². The van der Waals surface area contributed by atoms with E-state index in [0.29, 0.717) is 25.3 Å². The van der Waals surface area contributed by atoms with Crippen LogP contribution in [0.25, 0.3) is 0 Å². The van der Waals surface area contributed by atoms with E-state index < -0.39 is 0 Å². The minimum absolute atomic E-state index is 0.359. The highest BCUT2D eigenvalue weighted by molar-refractivity contribution is 5.88. The van der Waals surface area contributed by atoms with Crippen LogP contribution >= 0.6 is 0 Å². The fraction of sp³-hybridized carbons (Fsp3) is 0.400. The molecule has 0 fully saturated rings. The van der Waals surface area contributed by atoms with Crippen LogP contribution in [0.5, 0.6) is 0 Å². The summed E-state index contributed by atoms with van der Waals surface area (Å²) in [5.41, 5.74) is 6.64. The van der Waals surface area contributed by atoms with E-state index in [1.807, 2.05) is 6.07 Å². The van der Waals surface area contributed by atoms with Crippen LogP contribution in [0.4, 0.5) is 0 Å². The Balaban J connectivity index is 2.88. The summed E-state index contributed by atoms with van der Waals surface area (Å²) in [5.74, 6) is -0.378. The Morgan fingerprint density at radius 2 is 2.43 bits per heavy atom. The minimum atomic E-state index is -0.378. The molecule has 1 heterocycles. The first-order chi connectivity index (χ1) is 6.79. The van der Waals surface area contributed by atoms with Crippen molar-refractivity contribution >= 4 is 5.97 Å². The fourth-order valence-electron chi connectivity index (χ4n) is 1.18. The third-order valence-corrected chi connectivity index (χ3v) is 1.77. The first kappa shape index (κ1) is 10.7. The summed E-state index contributed by atoms with van der Waals surface area (Å²) in [4.78, 5) is 15.4. The van der Waals surface area contributed by atoms with Gasteiger partial charge in [-0.1, -0.05) is 6.07 Å². The number of aromatic nitrogens is 1. The predicted molar refractivity (Wildman–Crippen MR) is 53.0 cm³/mol. The van der Waals surface area contributed by atoms with E-state index in [1.165, 1.54) is 0 Å². The summed E-state index contributed by atoms with van der Waals surface area (Å²) < 4.78 is 4.87. The molecule has 0 saturated heterocycles. The molecular weight excluding hydrogens is 180 g/mol. The Hall–Kier alpha value is -1.42. The van der Waals surface area contributed by atoms with Crippen molar-refractivity contribution in [2.45, 2.75) is 13.3 Å². The normalized spacial score (nSPS) is 9.86. The number of nitrogens with zero attached hydrogens (tertiary/aromatic N) is 1. The van der Waals surface area contributed by atoms with Crippen LogP contribution in [0.15, 0.2) is 18.3 Å². The molecule has 0 aliphatic rings. The second-order valence-corrected chi connectivity index (χ2v) is 2.77. The molecular formula is C10H14N2O2. The molecule has 1 aromatic rings. The molecule has 0 radical (unpaired) electrons. The van der Waals surface area contributed by atoms with Gasteiger partial charge >= 0.3 is 5.97 Å². The highest BCUT2D eigenvalue weighted by Crippen LogP contribution is 2.07. The van der Waals surface area contributed by atoms with Gasteiger partial charge in [0, 0.05) is 6.20 Å². The highest BCUT2D eigenvalue weighted by Gasteiger charge is 2.12. The van der Waals surface area contributed by atoms with Crippen molar-refractivity contribution in [2.75, 3.05) is 13.2 Å². The minimum Gasteiger partial charge on any atom is -0.461 e. The number of esters is 1. The molecule has 0 saturated carbocycles. The molecule has 0 amide bonds. The first-order valence-corrected chi connectivity index (χ1v) is 4.60. The monoisotopic (exact) mass is 194 g/mol. The van der Waals surface area contributed by atoms with Crippen molar-refractivity contribution in [3.63, 3.8) is 0 Å². The number of nitrogens with two attached hydrogens (primary N) is 1. The molecule has 14 heavy (non-hydrogen) atoms. The molecule has 0 spiro atoms. The number of carbonyl (C=O) groups excluding carboxylic acids is 1. The van der Waals surface area contributed by atoms with E-state index in [1.54, 1.807) is 19.2 Å². The molecule has 4 nitrogen and oxygen atoms in total. The van der Waals surface area contributed by atoms with Gasteiger partial charge in [0.15, 0.2) is 5.69 Å². The van der Waals surface area contributed by atoms with E-state index in [9.17, 15) is 4.79 Å². The third kappa shape index (κ3) is 2.53. The molecule has 0 bridgehead atoms. The lowest BCUT2D eigenvalue weighted by Gasteiger charge is -2.05. The SMILES string of the molecule is CCOC(=O)c1ncccc1CCN. The Morgan fingerprint density at radius 3 is 3.07 bits per heavy atom. The van der Waals surface area contributed by atoms with Crippen LogP contribution in [0.2, 0.25) is 0 Å². The topological polar surface area (TPSA) is 65.2 Å². The number of pyridine rings is 1. The summed E-state index contributed by atoms with van der Waals surface area (Å²) >= 11 is 0. The predicted octanol–water partition coefficient (Wildman–Crippen LogP) is 0.760. The number of hydrogen-bond acceptors (Lipinski definition) is 4. The van der Waals surface area contributed by atoms with Gasteiger partial charge in [-0.2, -0.15) is 0 Å². The lowest BCUT2D eigenvalue weighted by molar-refractivity contribution is 0.0518. The van der Waals surface area contributed by atoms with Crippen LogP contribution < -0.4 is 5.73 Å². The van der Waals surface area contributed by atoms with Gasteiger partial charge in [0.25, 0.3) is 0 Å². The maximum atomic E-state index is 11.4. The van der Waals surface area contributed by atoms with Crippen LogP contribution in [0, 0.1) is 0 Å². The van der Waals surface area contributed by atoms with E-state index in [0.717, 1.165) is 5.56 Å². The van der Waals surface area contributed by atoms with Crippen molar-refractivity contribution in [3.05, 3.63) is 29.6 Å². The molecule has 0 unspecified atom stereocenters. The molecule has 2 N–H and O–H groups in total. The number of rotatable bonds is 4. The van der Waals surface area contributed by atoms with Crippen LogP contribution in [0.3, 0.4) is 0 Å². The maximum Gasteiger partial charge on any atom is 0.357 e. The van der Waals surface area contributed by atoms with Gasteiger partial charge in [-0.3, -0.25) is 0 Å². The van der Waals surface area contributed by atoms with Gasteiger partial charge in [-0.25, -0.2) is 9.78 Å². The number of hydrogen-bond donors (Lipinski definition) is 1. The zero-order valence-corrected chi connectivity index (χ0v) is 8.19. The van der Waals surface area contributed by atoms with Crippen molar-refractivity contribution in [3.8, 4) is 0 Å². The smallest absolute Gasteiger partial charge is 0.357 e. The summed E-state index contributed by atoms with van der Waals surface area (Å²) in [6.45, 7) is 2.62. The van der Waals surface area contributed by atoms with Gasteiger partial charge in [0.05, 0.1) is 6.61 Å². The van der Waals surface area contributed by atoms with E-state index in [4.69, 9.17) is 10.5 Å². The number of carbonyl (C=O) groups is 1. The van der Waals surface area contributed by atoms with Crippen LogP contribution in [0.1, 0.15) is 23.0 Å². The van der Waals surface area contributed by atoms with Crippen molar-refractivity contribution in [1.82, 2.24) is 4.98 Å². The van der Waals surface area contributed by atoms with Crippen molar-refractivity contribution < 1.29 is 9.53 Å². The van der Waals surface area contributed by atoms with Crippen LogP contribution in [-0.4, -0.2) is 24.1 Å². The Bertz CT molecular complexity index is 313. The largest absolute Gasteiger partial charge is 0.461 e. The van der Waals surface area contributed by atoms with Crippen molar-refractivity contribution in [2.24, 2.45) is 5.73 Å². The van der Waals surface area contributed by atoms with Gasteiger partial charge < -0.3 is 10.5 Å². The summed E-state index contributed by atoms with van der Waals surface area (Å²) in [7, 11) is 0. The Kier molecular flexibility index (Phi) is 4.07. The molecule has 76 valence electrons. The molecule has 1 rings (SSSR count). The summed E-state index contributed by atoms with van der Waals surface area (Å²) in [6.07, 6.45) is 2.22. The van der Waals surface area contributed by atoms with E-state index in [-0.39, 0.29) is 5.97 Å². The zero-order valence-electron chi connectivity index (χ0n) is 8.19. The maximum absolute atomic E-state index is 11.4. The Morgan fingerprint density at radius 1 is 1.64 bits per heavy atom. The van der Waals surface area contributed by atoms with E-state index in [2.05, 4.69) is 4.98 Å². The molecule has 4 heteroatoms. The van der Waals surface area contributed by atoms with Gasteiger partial charge in [0.1, 0.15) is 0 Å². The first-order valence-electron chi connectivity index (χ1n) is 4.60. The summed E-state index contributed by atoms with van der Waals surface area (Å²) in [6, 6.07) is 3.62.